The fourth-order valence-corrected chi connectivity index (χ4v) is 1.45. The minimum absolute atomic E-state index is 0.238. The van der Waals surface area contributed by atoms with Gasteiger partial charge in [0.1, 0.15) is 0 Å². The first-order valence-electron chi connectivity index (χ1n) is 4.49. The van der Waals surface area contributed by atoms with Crippen molar-refractivity contribution in [3.63, 3.8) is 0 Å². The van der Waals surface area contributed by atoms with Crippen LogP contribution in [-0.2, 0) is 9.47 Å². The first-order valence-corrected chi connectivity index (χ1v) is 4.49. The molecule has 0 bridgehead atoms. The summed E-state index contributed by atoms with van der Waals surface area (Å²) >= 11 is 0. The predicted octanol–water partition coefficient (Wildman–Crippen LogP) is 2.82. The zero-order valence-electron chi connectivity index (χ0n) is 9.23. The minimum Gasteiger partial charge on any atom is -0.353 e. The molecule has 0 saturated heterocycles. The average molecular weight is 174 g/mol. The third-order valence-electron chi connectivity index (χ3n) is 2.08. The van der Waals surface area contributed by atoms with Gasteiger partial charge >= 0.3 is 0 Å². The quantitative estimate of drug-likeness (QED) is 0.610. The molecule has 2 nitrogen and oxygen atoms in total. The molecule has 0 aromatic carbocycles. The van der Waals surface area contributed by atoms with E-state index < -0.39 is 5.79 Å². The predicted molar refractivity (Wildman–Crippen MR) is 51.1 cm³/mol. The third-order valence-corrected chi connectivity index (χ3v) is 2.08. The van der Waals surface area contributed by atoms with Crippen LogP contribution in [0, 0.1) is 5.41 Å². The Morgan fingerprint density at radius 2 is 1.42 bits per heavy atom. The first kappa shape index (κ1) is 11.9. The second-order valence-electron chi connectivity index (χ2n) is 4.41. The zero-order valence-corrected chi connectivity index (χ0v) is 9.23. The van der Waals surface area contributed by atoms with E-state index in [1.165, 1.54) is 0 Å². The van der Waals surface area contributed by atoms with E-state index in [1.54, 1.807) is 14.2 Å². The van der Waals surface area contributed by atoms with Gasteiger partial charge in [-0.1, -0.05) is 27.7 Å². The number of hydrogen-bond donors (Lipinski definition) is 0. The lowest BCUT2D eigenvalue weighted by Gasteiger charge is -2.35. The number of ether oxygens (including phenoxy) is 2. The topological polar surface area (TPSA) is 18.5 Å². The molecule has 0 aromatic heterocycles. The first-order chi connectivity index (χ1) is 5.39. The summed E-state index contributed by atoms with van der Waals surface area (Å²) < 4.78 is 10.8. The van der Waals surface area contributed by atoms with Gasteiger partial charge in [-0.25, -0.2) is 0 Å². The van der Waals surface area contributed by atoms with Crippen LogP contribution < -0.4 is 0 Å². The van der Waals surface area contributed by atoms with Crippen molar-refractivity contribution in [3.8, 4) is 0 Å². The summed E-state index contributed by atoms with van der Waals surface area (Å²) in [4.78, 5) is 0. The molecule has 2 heteroatoms. The van der Waals surface area contributed by atoms with E-state index in [2.05, 4.69) is 27.7 Å². The maximum absolute atomic E-state index is 5.39. The standard InChI is InChI=1S/C10H22O2/c1-7-10(11-5,12-6)8-9(2,3)4/h7-8H2,1-6H3. The van der Waals surface area contributed by atoms with E-state index in [-0.39, 0.29) is 5.41 Å². The smallest absolute Gasteiger partial charge is 0.167 e. The summed E-state index contributed by atoms with van der Waals surface area (Å²) in [5.41, 5.74) is 0.238. The van der Waals surface area contributed by atoms with Crippen molar-refractivity contribution in [1.29, 1.82) is 0 Å². The van der Waals surface area contributed by atoms with Gasteiger partial charge in [-0.2, -0.15) is 0 Å². The largest absolute Gasteiger partial charge is 0.353 e. The second-order valence-corrected chi connectivity index (χ2v) is 4.41. The van der Waals surface area contributed by atoms with E-state index >= 15 is 0 Å². The highest BCUT2D eigenvalue weighted by Gasteiger charge is 2.32. The molecule has 0 spiro atoms. The molecule has 0 amide bonds. The molecule has 0 aliphatic carbocycles. The normalized spacial score (nSPS) is 13.5. The van der Waals surface area contributed by atoms with Gasteiger partial charge in [-0.05, 0) is 11.8 Å². The molecule has 0 saturated carbocycles. The lowest BCUT2D eigenvalue weighted by atomic mass is 9.86. The van der Waals surface area contributed by atoms with Crippen LogP contribution in [0.5, 0.6) is 0 Å². The Bertz CT molecular complexity index is 112. The van der Waals surface area contributed by atoms with Crippen molar-refractivity contribution in [2.75, 3.05) is 14.2 Å². The highest BCUT2D eigenvalue weighted by Crippen LogP contribution is 2.32. The molecule has 0 atom stereocenters. The Morgan fingerprint density at radius 3 is 1.50 bits per heavy atom. The fourth-order valence-electron chi connectivity index (χ4n) is 1.45. The Labute approximate surface area is 76.3 Å². The second kappa shape index (κ2) is 4.24. The van der Waals surface area contributed by atoms with Crippen LogP contribution in [0.4, 0.5) is 0 Å². The van der Waals surface area contributed by atoms with Crippen LogP contribution >= 0.6 is 0 Å². The summed E-state index contributed by atoms with van der Waals surface area (Å²) in [6, 6.07) is 0. The third kappa shape index (κ3) is 3.55. The summed E-state index contributed by atoms with van der Waals surface area (Å²) in [5.74, 6) is -0.391. The Balaban J connectivity index is 4.30. The van der Waals surface area contributed by atoms with Gasteiger partial charge in [-0.15, -0.1) is 0 Å². The molecular weight excluding hydrogens is 152 g/mol. The average Bonchev–Trinajstić information content (AvgIpc) is 1.99. The van der Waals surface area contributed by atoms with Gasteiger partial charge in [0.15, 0.2) is 5.79 Å². The molecule has 0 heterocycles. The molecule has 0 unspecified atom stereocenters. The van der Waals surface area contributed by atoms with Gasteiger partial charge in [0.05, 0.1) is 0 Å². The van der Waals surface area contributed by atoms with Crippen molar-refractivity contribution in [3.05, 3.63) is 0 Å². The van der Waals surface area contributed by atoms with Crippen molar-refractivity contribution >= 4 is 0 Å². The lowest BCUT2D eigenvalue weighted by molar-refractivity contribution is -0.224. The van der Waals surface area contributed by atoms with Crippen LogP contribution in [0.15, 0.2) is 0 Å². The fraction of sp³-hybridized carbons (Fsp3) is 1.00. The highest BCUT2D eigenvalue weighted by atomic mass is 16.7. The van der Waals surface area contributed by atoms with E-state index in [1.807, 2.05) is 0 Å². The van der Waals surface area contributed by atoms with Crippen LogP contribution in [0.2, 0.25) is 0 Å². The highest BCUT2D eigenvalue weighted by molar-refractivity contribution is 4.75. The SMILES string of the molecule is CCC(CC(C)(C)C)(OC)OC. The van der Waals surface area contributed by atoms with Gasteiger partial charge < -0.3 is 9.47 Å². The molecular formula is C10H22O2. The van der Waals surface area contributed by atoms with Gasteiger partial charge in [-0.3, -0.25) is 0 Å². The number of hydrogen-bond acceptors (Lipinski definition) is 2. The molecule has 0 rings (SSSR count). The van der Waals surface area contributed by atoms with Crippen molar-refractivity contribution < 1.29 is 9.47 Å². The Kier molecular flexibility index (Phi) is 4.21. The molecule has 0 aliphatic rings. The molecule has 0 aromatic rings. The minimum atomic E-state index is -0.391. The van der Waals surface area contributed by atoms with Gasteiger partial charge in [0.25, 0.3) is 0 Å². The summed E-state index contributed by atoms with van der Waals surface area (Å²) in [6.07, 6.45) is 1.81. The lowest BCUT2D eigenvalue weighted by Crippen LogP contribution is -2.37. The summed E-state index contributed by atoms with van der Waals surface area (Å²) in [6.45, 7) is 8.65. The van der Waals surface area contributed by atoms with Crippen LogP contribution in [0.3, 0.4) is 0 Å². The molecule has 12 heavy (non-hydrogen) atoms. The maximum atomic E-state index is 5.39. The Hall–Kier alpha value is -0.0800. The molecule has 0 N–H and O–H groups in total. The molecule has 0 aliphatic heterocycles. The summed E-state index contributed by atoms with van der Waals surface area (Å²) in [7, 11) is 3.41. The number of methoxy groups -OCH3 is 2. The summed E-state index contributed by atoms with van der Waals surface area (Å²) in [5, 5.41) is 0. The van der Waals surface area contributed by atoms with E-state index in [0.717, 1.165) is 12.8 Å². The van der Waals surface area contributed by atoms with Crippen molar-refractivity contribution in [1.82, 2.24) is 0 Å². The number of rotatable bonds is 4. The van der Waals surface area contributed by atoms with E-state index in [0.29, 0.717) is 0 Å². The zero-order chi connectivity index (χ0) is 9.83. The monoisotopic (exact) mass is 174 g/mol. The van der Waals surface area contributed by atoms with Gasteiger partial charge in [0.2, 0.25) is 0 Å². The molecule has 0 radical (unpaired) electrons. The van der Waals surface area contributed by atoms with Crippen molar-refractivity contribution in [2.45, 2.75) is 46.3 Å². The van der Waals surface area contributed by atoms with Gasteiger partial charge in [0, 0.05) is 20.6 Å². The maximum Gasteiger partial charge on any atom is 0.167 e. The van der Waals surface area contributed by atoms with E-state index in [4.69, 9.17) is 9.47 Å². The molecule has 74 valence electrons. The van der Waals surface area contributed by atoms with E-state index in [9.17, 15) is 0 Å². The van der Waals surface area contributed by atoms with Crippen molar-refractivity contribution in [2.24, 2.45) is 5.41 Å². The Morgan fingerprint density at radius 1 is 1.00 bits per heavy atom. The molecule has 0 fully saturated rings. The van der Waals surface area contributed by atoms with Crippen LogP contribution in [0.1, 0.15) is 40.5 Å². The van der Waals surface area contributed by atoms with Crippen LogP contribution in [0.25, 0.3) is 0 Å². The van der Waals surface area contributed by atoms with Crippen LogP contribution in [-0.4, -0.2) is 20.0 Å².